The summed E-state index contributed by atoms with van der Waals surface area (Å²) in [5.41, 5.74) is 1.26. The first-order valence-electron chi connectivity index (χ1n) is 8.81. The molecule has 0 saturated carbocycles. The number of nitrogens with zero attached hydrogens (tertiary/aromatic N) is 1. The molecule has 0 saturated heterocycles. The largest absolute Gasteiger partial charge is 0.326 e. The number of thiophene rings is 2. The topological polar surface area (TPSA) is 61.4 Å². The minimum absolute atomic E-state index is 0.00961. The van der Waals surface area contributed by atoms with Gasteiger partial charge in [-0.25, -0.2) is 9.18 Å². The van der Waals surface area contributed by atoms with Crippen LogP contribution in [0, 0.1) is 5.82 Å². The number of rotatable bonds is 4. The van der Waals surface area contributed by atoms with E-state index in [1.54, 1.807) is 28.7 Å². The second-order valence-electron chi connectivity index (χ2n) is 6.42. The molecule has 2 N–H and O–H groups in total. The van der Waals surface area contributed by atoms with Gasteiger partial charge < -0.3 is 5.32 Å². The molecule has 144 valence electrons. The Bertz CT molecular complexity index is 987. The van der Waals surface area contributed by atoms with E-state index in [0.717, 1.165) is 13.0 Å². The van der Waals surface area contributed by atoms with Gasteiger partial charge in [0, 0.05) is 16.3 Å². The number of carbonyl (C=O) groups is 2. The second-order valence-corrected chi connectivity index (χ2v) is 8.40. The van der Waals surface area contributed by atoms with Gasteiger partial charge in [0.05, 0.1) is 18.3 Å². The summed E-state index contributed by atoms with van der Waals surface area (Å²) in [6.07, 6.45) is 0.879. The van der Waals surface area contributed by atoms with Crippen LogP contribution in [0.3, 0.4) is 0 Å². The van der Waals surface area contributed by atoms with E-state index in [1.165, 1.54) is 33.5 Å². The van der Waals surface area contributed by atoms with Crippen molar-refractivity contribution in [2.75, 3.05) is 18.4 Å². The molecule has 2 aromatic heterocycles. The molecule has 1 aromatic carbocycles. The molecule has 1 aliphatic rings. The number of halogens is 1. The molecule has 0 radical (unpaired) electrons. The summed E-state index contributed by atoms with van der Waals surface area (Å²) in [6, 6.07) is 11.3. The first-order chi connectivity index (χ1) is 13.6. The molecule has 0 spiro atoms. The lowest BCUT2D eigenvalue weighted by Gasteiger charge is -2.34. The van der Waals surface area contributed by atoms with Gasteiger partial charge in [-0.1, -0.05) is 18.2 Å². The Morgan fingerprint density at radius 3 is 2.75 bits per heavy atom. The fourth-order valence-electron chi connectivity index (χ4n) is 3.39. The Labute approximate surface area is 169 Å². The molecule has 8 heteroatoms. The zero-order valence-corrected chi connectivity index (χ0v) is 16.5. The van der Waals surface area contributed by atoms with E-state index in [9.17, 15) is 14.0 Å². The maximum absolute atomic E-state index is 13.6. The molecule has 1 atom stereocenters. The molecule has 1 aliphatic heterocycles. The van der Waals surface area contributed by atoms with E-state index < -0.39 is 17.8 Å². The average molecular weight is 416 g/mol. The third-order valence-electron chi connectivity index (χ3n) is 4.60. The number of amides is 3. The predicted molar refractivity (Wildman–Crippen MR) is 109 cm³/mol. The maximum Gasteiger partial charge on any atom is 0.326 e. The van der Waals surface area contributed by atoms with Crippen LogP contribution in [0.2, 0.25) is 0 Å². The van der Waals surface area contributed by atoms with Crippen molar-refractivity contribution in [3.05, 3.63) is 74.4 Å². The van der Waals surface area contributed by atoms with Crippen LogP contribution in [0.25, 0.3) is 0 Å². The minimum atomic E-state index is -0.740. The number of benzene rings is 1. The lowest BCUT2D eigenvalue weighted by atomic mass is 9.98. The Morgan fingerprint density at radius 1 is 1.11 bits per heavy atom. The van der Waals surface area contributed by atoms with Gasteiger partial charge in [0.15, 0.2) is 0 Å². The number of para-hydroxylation sites is 1. The van der Waals surface area contributed by atoms with Gasteiger partial charge >= 0.3 is 6.03 Å². The van der Waals surface area contributed by atoms with Crippen LogP contribution in [0.1, 0.15) is 21.4 Å². The Balaban J connectivity index is 1.43. The summed E-state index contributed by atoms with van der Waals surface area (Å²) in [7, 11) is 0. The van der Waals surface area contributed by atoms with Crippen LogP contribution in [0.4, 0.5) is 14.9 Å². The summed E-state index contributed by atoms with van der Waals surface area (Å²) in [5, 5.41) is 8.77. The maximum atomic E-state index is 13.6. The number of fused-ring (bicyclic) bond motifs is 1. The highest BCUT2D eigenvalue weighted by Crippen LogP contribution is 2.39. The molecule has 5 nitrogen and oxygen atoms in total. The minimum Gasteiger partial charge on any atom is -0.305 e. The summed E-state index contributed by atoms with van der Waals surface area (Å²) in [5.74, 6) is -0.974. The molecule has 0 aliphatic carbocycles. The van der Waals surface area contributed by atoms with Crippen LogP contribution in [0.5, 0.6) is 0 Å². The summed E-state index contributed by atoms with van der Waals surface area (Å²) in [6.45, 7) is 0.820. The molecule has 3 aromatic rings. The monoisotopic (exact) mass is 415 g/mol. The van der Waals surface area contributed by atoms with Gasteiger partial charge in [-0.3, -0.25) is 15.0 Å². The lowest BCUT2D eigenvalue weighted by Crippen LogP contribution is -2.45. The molecule has 28 heavy (non-hydrogen) atoms. The number of imide groups is 1. The van der Waals surface area contributed by atoms with E-state index in [0.29, 0.717) is 0 Å². The zero-order chi connectivity index (χ0) is 19.5. The molecule has 3 amide bonds. The number of carbonyl (C=O) groups excluding carboxylic acids is 2. The van der Waals surface area contributed by atoms with Crippen molar-refractivity contribution in [3.63, 3.8) is 0 Å². The highest BCUT2D eigenvalue weighted by Gasteiger charge is 2.31. The quantitative estimate of drug-likeness (QED) is 0.670. The van der Waals surface area contributed by atoms with Crippen molar-refractivity contribution in [1.29, 1.82) is 0 Å². The van der Waals surface area contributed by atoms with Crippen molar-refractivity contribution in [3.8, 4) is 0 Å². The predicted octanol–water partition coefficient (Wildman–Crippen LogP) is 4.24. The van der Waals surface area contributed by atoms with Gasteiger partial charge in [0.2, 0.25) is 5.91 Å². The van der Waals surface area contributed by atoms with Crippen LogP contribution in [-0.4, -0.2) is 29.9 Å². The van der Waals surface area contributed by atoms with Crippen LogP contribution in [-0.2, 0) is 11.2 Å². The van der Waals surface area contributed by atoms with Crippen molar-refractivity contribution in [2.45, 2.75) is 12.5 Å². The van der Waals surface area contributed by atoms with Gasteiger partial charge in [0.25, 0.3) is 0 Å². The number of hydrogen-bond acceptors (Lipinski definition) is 5. The van der Waals surface area contributed by atoms with Crippen LogP contribution < -0.4 is 10.6 Å². The molecular formula is C20H18FN3O2S2. The molecule has 0 bridgehead atoms. The lowest BCUT2D eigenvalue weighted by molar-refractivity contribution is -0.121. The highest BCUT2D eigenvalue weighted by atomic mass is 32.1. The average Bonchev–Trinajstić information content (AvgIpc) is 3.35. The SMILES string of the molecule is O=C(CN1CCc2sccc2C1c1cccs1)NC(=O)Nc1ccccc1F. The number of urea groups is 1. The summed E-state index contributed by atoms with van der Waals surface area (Å²) < 4.78 is 13.6. The number of nitrogens with one attached hydrogen (secondary N) is 2. The Hall–Kier alpha value is -2.55. The molecule has 1 unspecified atom stereocenters. The molecular weight excluding hydrogens is 397 g/mol. The zero-order valence-electron chi connectivity index (χ0n) is 14.9. The standard InChI is InChI=1S/C20H18FN3O2S2/c21-14-4-1-2-5-15(14)22-20(26)23-18(25)12-24-9-7-16-13(8-11-28-16)19(24)17-6-3-10-27-17/h1-6,8,10-11,19H,7,9,12H2,(H2,22,23,25,26). The normalized spacial score (nSPS) is 16.4. The van der Waals surface area contributed by atoms with Crippen molar-refractivity contribution < 1.29 is 14.0 Å². The smallest absolute Gasteiger partial charge is 0.305 e. The van der Waals surface area contributed by atoms with Gasteiger partial charge in [-0.2, -0.15) is 0 Å². The summed E-state index contributed by atoms with van der Waals surface area (Å²) in [4.78, 5) is 29.1. The Kier molecular flexibility index (Phi) is 5.52. The van der Waals surface area contributed by atoms with E-state index in [-0.39, 0.29) is 18.3 Å². The second kappa shape index (κ2) is 8.22. The molecule has 0 fully saturated rings. The Morgan fingerprint density at radius 2 is 1.96 bits per heavy atom. The van der Waals surface area contributed by atoms with E-state index in [4.69, 9.17) is 0 Å². The number of hydrogen-bond donors (Lipinski definition) is 2. The van der Waals surface area contributed by atoms with E-state index in [2.05, 4.69) is 33.0 Å². The third kappa shape index (κ3) is 3.99. The first kappa shape index (κ1) is 18.8. The summed E-state index contributed by atoms with van der Waals surface area (Å²) >= 11 is 3.39. The third-order valence-corrected chi connectivity index (χ3v) is 6.52. The molecule has 3 heterocycles. The first-order valence-corrected chi connectivity index (χ1v) is 10.6. The van der Waals surface area contributed by atoms with Crippen molar-refractivity contribution in [1.82, 2.24) is 10.2 Å². The van der Waals surface area contributed by atoms with E-state index in [1.807, 2.05) is 11.4 Å². The van der Waals surface area contributed by atoms with Crippen LogP contribution in [0.15, 0.2) is 53.2 Å². The fourth-order valence-corrected chi connectivity index (χ4v) is 5.17. The highest BCUT2D eigenvalue weighted by molar-refractivity contribution is 7.10. The van der Waals surface area contributed by atoms with Gasteiger partial charge in [-0.05, 0) is 47.0 Å². The molecule has 4 rings (SSSR count). The van der Waals surface area contributed by atoms with Crippen LogP contribution >= 0.6 is 22.7 Å². The van der Waals surface area contributed by atoms with E-state index >= 15 is 0 Å². The van der Waals surface area contributed by atoms with Gasteiger partial charge in [0.1, 0.15) is 5.82 Å². The van der Waals surface area contributed by atoms with Crippen molar-refractivity contribution in [2.24, 2.45) is 0 Å². The van der Waals surface area contributed by atoms with Gasteiger partial charge in [-0.15, -0.1) is 22.7 Å². The van der Waals surface area contributed by atoms with Crippen molar-refractivity contribution >= 4 is 40.3 Å². The fraction of sp³-hybridized carbons (Fsp3) is 0.200. The number of anilines is 1.